The molecule has 3 N–H and O–H groups in total. The molecule has 2 aliphatic rings. The zero-order valence-corrected chi connectivity index (χ0v) is 19.3. The van der Waals surface area contributed by atoms with E-state index in [-0.39, 0.29) is 6.03 Å². The Morgan fingerprint density at radius 3 is 2.65 bits per heavy atom. The standard InChI is InChI=1S/C24H40N6O/c1-3-25-23(26-12-7-13-29-16-10-20(2)11-17-29)27-19-21-8-6-9-22(18-21)28-24(31)30-14-4-5-15-30/h6,8-9,18,20H,3-5,7,10-17,19H2,1-2H3,(H,28,31)(H2,25,26,27). The first-order chi connectivity index (χ1) is 15.1. The van der Waals surface area contributed by atoms with Crippen LogP contribution in [0.25, 0.3) is 0 Å². The maximum Gasteiger partial charge on any atom is 0.321 e. The van der Waals surface area contributed by atoms with E-state index in [1.807, 2.05) is 23.1 Å². The van der Waals surface area contributed by atoms with E-state index in [2.05, 4.69) is 40.8 Å². The highest BCUT2D eigenvalue weighted by molar-refractivity contribution is 5.89. The maximum absolute atomic E-state index is 12.3. The van der Waals surface area contributed by atoms with Crippen molar-refractivity contribution in [1.29, 1.82) is 0 Å². The van der Waals surface area contributed by atoms with Crippen molar-refractivity contribution in [2.45, 2.75) is 52.5 Å². The first-order valence-electron chi connectivity index (χ1n) is 12.0. The minimum absolute atomic E-state index is 0.00341. The van der Waals surface area contributed by atoms with Crippen LogP contribution in [0.3, 0.4) is 0 Å². The van der Waals surface area contributed by atoms with Gasteiger partial charge in [-0.3, -0.25) is 0 Å². The van der Waals surface area contributed by atoms with Crippen LogP contribution in [0.2, 0.25) is 0 Å². The summed E-state index contributed by atoms with van der Waals surface area (Å²) in [5.41, 5.74) is 1.91. The van der Waals surface area contributed by atoms with Crippen LogP contribution >= 0.6 is 0 Å². The lowest BCUT2D eigenvalue weighted by atomic mass is 9.99. The number of hydrogen-bond acceptors (Lipinski definition) is 3. The van der Waals surface area contributed by atoms with E-state index in [1.54, 1.807) is 0 Å². The fourth-order valence-electron chi connectivity index (χ4n) is 4.18. The monoisotopic (exact) mass is 428 g/mol. The molecule has 2 heterocycles. The molecule has 2 saturated heterocycles. The molecule has 1 aromatic carbocycles. The first kappa shape index (κ1) is 23.4. The van der Waals surface area contributed by atoms with Gasteiger partial charge in [-0.25, -0.2) is 9.79 Å². The number of anilines is 1. The van der Waals surface area contributed by atoms with Crippen LogP contribution < -0.4 is 16.0 Å². The third-order valence-corrected chi connectivity index (χ3v) is 6.16. The number of nitrogens with one attached hydrogen (secondary N) is 3. The van der Waals surface area contributed by atoms with E-state index in [0.29, 0.717) is 6.54 Å². The Balaban J connectivity index is 1.44. The van der Waals surface area contributed by atoms with E-state index in [4.69, 9.17) is 4.99 Å². The van der Waals surface area contributed by atoms with Crippen molar-refractivity contribution in [3.63, 3.8) is 0 Å². The highest BCUT2D eigenvalue weighted by atomic mass is 16.2. The number of rotatable bonds is 8. The zero-order chi connectivity index (χ0) is 21.9. The maximum atomic E-state index is 12.3. The van der Waals surface area contributed by atoms with Gasteiger partial charge >= 0.3 is 6.03 Å². The summed E-state index contributed by atoms with van der Waals surface area (Å²) in [6.45, 7) is 12.1. The van der Waals surface area contributed by atoms with Gasteiger partial charge in [0.05, 0.1) is 6.54 Å². The molecular weight excluding hydrogens is 388 g/mol. The van der Waals surface area contributed by atoms with Gasteiger partial charge in [0.1, 0.15) is 0 Å². The van der Waals surface area contributed by atoms with E-state index >= 15 is 0 Å². The van der Waals surface area contributed by atoms with Crippen molar-refractivity contribution < 1.29 is 4.79 Å². The molecule has 7 heteroatoms. The smallest absolute Gasteiger partial charge is 0.321 e. The molecule has 2 amide bonds. The summed E-state index contributed by atoms with van der Waals surface area (Å²) >= 11 is 0. The van der Waals surface area contributed by atoms with E-state index in [1.165, 1.54) is 25.9 Å². The average molecular weight is 429 g/mol. The Hall–Kier alpha value is -2.28. The van der Waals surface area contributed by atoms with E-state index in [0.717, 1.165) is 75.1 Å². The number of nitrogens with zero attached hydrogens (tertiary/aromatic N) is 3. The summed E-state index contributed by atoms with van der Waals surface area (Å²) in [7, 11) is 0. The van der Waals surface area contributed by atoms with Gasteiger partial charge in [-0.1, -0.05) is 19.1 Å². The number of piperidine rings is 1. The molecule has 172 valence electrons. The topological polar surface area (TPSA) is 72.0 Å². The molecule has 0 unspecified atom stereocenters. The fraction of sp³-hybridized carbons (Fsp3) is 0.667. The first-order valence-corrected chi connectivity index (χ1v) is 12.0. The van der Waals surface area contributed by atoms with Crippen molar-refractivity contribution >= 4 is 17.7 Å². The van der Waals surface area contributed by atoms with Crippen molar-refractivity contribution in [3.05, 3.63) is 29.8 Å². The third-order valence-electron chi connectivity index (χ3n) is 6.16. The molecule has 3 rings (SSSR count). The summed E-state index contributed by atoms with van der Waals surface area (Å²) < 4.78 is 0. The number of amides is 2. The van der Waals surface area contributed by atoms with Gasteiger partial charge in [0, 0.05) is 31.9 Å². The molecule has 7 nitrogen and oxygen atoms in total. The highest BCUT2D eigenvalue weighted by Gasteiger charge is 2.18. The summed E-state index contributed by atoms with van der Waals surface area (Å²) in [5, 5.41) is 9.80. The Labute approximate surface area is 187 Å². The molecule has 0 bridgehead atoms. The fourth-order valence-corrected chi connectivity index (χ4v) is 4.18. The van der Waals surface area contributed by atoms with Crippen molar-refractivity contribution in [1.82, 2.24) is 20.4 Å². The summed E-state index contributed by atoms with van der Waals surface area (Å²) in [6.07, 6.45) is 5.97. The van der Waals surface area contributed by atoms with Crippen LogP contribution in [-0.4, -0.2) is 67.6 Å². The molecule has 0 radical (unpaired) electrons. The van der Waals surface area contributed by atoms with Crippen LogP contribution in [-0.2, 0) is 6.54 Å². The molecule has 0 spiro atoms. The minimum Gasteiger partial charge on any atom is -0.357 e. The lowest BCUT2D eigenvalue weighted by Crippen LogP contribution is -2.39. The van der Waals surface area contributed by atoms with Gasteiger partial charge in [-0.05, 0) is 82.3 Å². The van der Waals surface area contributed by atoms with E-state index in [9.17, 15) is 4.79 Å². The van der Waals surface area contributed by atoms with Gasteiger partial charge < -0.3 is 25.8 Å². The van der Waals surface area contributed by atoms with Crippen LogP contribution in [0.4, 0.5) is 10.5 Å². The molecule has 0 saturated carbocycles. The van der Waals surface area contributed by atoms with Gasteiger partial charge in [-0.15, -0.1) is 0 Å². The van der Waals surface area contributed by atoms with E-state index < -0.39 is 0 Å². The van der Waals surface area contributed by atoms with Crippen LogP contribution in [0, 0.1) is 5.92 Å². The van der Waals surface area contributed by atoms with Gasteiger partial charge in [-0.2, -0.15) is 0 Å². The van der Waals surface area contributed by atoms with Gasteiger partial charge in [0.25, 0.3) is 0 Å². The summed E-state index contributed by atoms with van der Waals surface area (Å²) in [6, 6.07) is 7.97. The summed E-state index contributed by atoms with van der Waals surface area (Å²) in [4.78, 5) is 21.5. The number of guanidine groups is 1. The number of carbonyl (C=O) groups excluding carboxylic acids is 1. The molecule has 31 heavy (non-hydrogen) atoms. The molecule has 0 atom stereocenters. The highest BCUT2D eigenvalue weighted by Crippen LogP contribution is 2.16. The van der Waals surface area contributed by atoms with Gasteiger partial charge in [0.2, 0.25) is 0 Å². The van der Waals surface area contributed by atoms with Gasteiger partial charge in [0.15, 0.2) is 5.96 Å². The number of hydrogen-bond donors (Lipinski definition) is 3. The molecule has 1 aromatic rings. The van der Waals surface area contributed by atoms with Crippen LogP contribution in [0.1, 0.15) is 51.5 Å². The third kappa shape index (κ3) is 8.05. The molecule has 2 aliphatic heterocycles. The second-order valence-corrected chi connectivity index (χ2v) is 8.82. The molecule has 0 aliphatic carbocycles. The average Bonchev–Trinajstić information content (AvgIpc) is 3.32. The molecule has 2 fully saturated rings. The quantitative estimate of drug-likeness (QED) is 0.337. The van der Waals surface area contributed by atoms with Crippen molar-refractivity contribution in [2.24, 2.45) is 10.9 Å². The Bertz CT molecular complexity index is 708. The van der Waals surface area contributed by atoms with Crippen molar-refractivity contribution in [2.75, 3.05) is 51.1 Å². The predicted octanol–water partition coefficient (Wildman–Crippen LogP) is 3.49. The molecule has 0 aromatic heterocycles. The van der Waals surface area contributed by atoms with Crippen LogP contribution in [0.5, 0.6) is 0 Å². The Morgan fingerprint density at radius 2 is 1.90 bits per heavy atom. The number of urea groups is 1. The number of likely N-dealkylation sites (tertiary alicyclic amines) is 2. The lowest BCUT2D eigenvalue weighted by molar-refractivity contribution is 0.191. The largest absolute Gasteiger partial charge is 0.357 e. The molecular formula is C24H40N6O. The number of carbonyl (C=O) groups is 1. The SMILES string of the molecule is CCNC(=NCc1cccc(NC(=O)N2CCCC2)c1)NCCCN1CCC(C)CC1. The Morgan fingerprint density at radius 1 is 1.13 bits per heavy atom. The van der Waals surface area contributed by atoms with Crippen molar-refractivity contribution in [3.8, 4) is 0 Å². The summed E-state index contributed by atoms with van der Waals surface area (Å²) in [5.74, 6) is 1.73. The predicted molar refractivity (Wildman–Crippen MR) is 129 cm³/mol. The minimum atomic E-state index is -0.00341. The second kappa shape index (κ2) is 12.5. The lowest BCUT2D eigenvalue weighted by Gasteiger charge is -2.30. The number of aliphatic imine (C=N–C) groups is 1. The normalized spacial score (nSPS) is 18.3. The second-order valence-electron chi connectivity index (χ2n) is 8.82. The zero-order valence-electron chi connectivity index (χ0n) is 19.3. The Kier molecular flexibility index (Phi) is 9.46. The van der Waals surface area contributed by atoms with Crippen LogP contribution in [0.15, 0.2) is 29.3 Å². The number of benzene rings is 1.